The molecule has 0 aliphatic heterocycles. The van der Waals surface area contributed by atoms with Crippen molar-refractivity contribution in [2.75, 3.05) is 13.2 Å². The van der Waals surface area contributed by atoms with E-state index < -0.39 is 18.2 Å². The molecule has 0 aromatic carbocycles. The van der Waals surface area contributed by atoms with Crippen molar-refractivity contribution in [2.45, 2.75) is 199 Å². The minimum Gasteiger partial charge on any atom is -0.462 e. The Labute approximate surface area is 313 Å². The van der Waals surface area contributed by atoms with Gasteiger partial charge in [-0.15, -0.1) is 0 Å². The minimum atomic E-state index is -0.846. The maximum absolute atomic E-state index is 12.2. The molecule has 0 spiro atoms. The average molecular weight is 715 g/mol. The molecule has 0 aromatic heterocycles. The van der Waals surface area contributed by atoms with Crippen LogP contribution in [0.2, 0.25) is 0 Å². The van der Waals surface area contributed by atoms with E-state index in [0.29, 0.717) is 19.3 Å². The van der Waals surface area contributed by atoms with Crippen LogP contribution < -0.4 is 0 Å². The average Bonchev–Trinajstić information content (AvgIpc) is 3.12. The number of aliphatic hydroxyl groups excluding tert-OH is 2. The number of esters is 2. The molecule has 1 unspecified atom stereocenters. The molecule has 6 nitrogen and oxygen atoms in total. The van der Waals surface area contributed by atoms with Crippen molar-refractivity contribution in [3.05, 3.63) is 60.8 Å². The van der Waals surface area contributed by atoms with Crippen molar-refractivity contribution in [3.63, 3.8) is 0 Å². The van der Waals surface area contributed by atoms with Crippen molar-refractivity contribution < 1.29 is 29.3 Å². The summed E-state index contributed by atoms with van der Waals surface area (Å²) in [4.78, 5) is 24.3. The van der Waals surface area contributed by atoms with Crippen LogP contribution in [0.1, 0.15) is 187 Å². The first kappa shape index (κ1) is 48.6. The third-order valence-electron chi connectivity index (χ3n) is 8.93. The highest BCUT2D eigenvalue weighted by Crippen LogP contribution is 2.15. The zero-order chi connectivity index (χ0) is 37.3. The zero-order valence-electron chi connectivity index (χ0n) is 33.0. The number of hydrogen-bond acceptors (Lipinski definition) is 6. The molecule has 0 radical (unpaired) electrons. The molecule has 2 atom stereocenters. The van der Waals surface area contributed by atoms with Crippen LogP contribution in [0.4, 0.5) is 0 Å². The van der Waals surface area contributed by atoms with Crippen molar-refractivity contribution in [2.24, 2.45) is 0 Å². The molecular weight excluding hydrogens is 636 g/mol. The van der Waals surface area contributed by atoms with E-state index in [1.807, 2.05) is 18.2 Å². The van der Waals surface area contributed by atoms with Gasteiger partial charge in [0.25, 0.3) is 0 Å². The van der Waals surface area contributed by atoms with E-state index in [0.717, 1.165) is 44.9 Å². The second kappa shape index (κ2) is 40.3. The highest BCUT2D eigenvalue weighted by Gasteiger charge is 2.16. The van der Waals surface area contributed by atoms with Gasteiger partial charge in [-0.1, -0.05) is 190 Å². The SMILES string of the molecule is CC/C=C\C/C=C\C/C=C\C/C=C\C=C\C(O)CCCC(=O)OC[C@H](CO)OC(=O)CCCCCCCCCCCCCCCCCCCCC. The summed E-state index contributed by atoms with van der Waals surface area (Å²) in [5.74, 6) is -0.793. The fraction of sp³-hybridized carbons (Fsp3) is 0.733. The Morgan fingerprint density at radius 1 is 0.549 bits per heavy atom. The van der Waals surface area contributed by atoms with E-state index >= 15 is 0 Å². The van der Waals surface area contributed by atoms with Crippen molar-refractivity contribution in [1.82, 2.24) is 0 Å². The van der Waals surface area contributed by atoms with Crippen LogP contribution in [0.5, 0.6) is 0 Å². The molecule has 6 heteroatoms. The predicted octanol–water partition coefficient (Wildman–Crippen LogP) is 12.1. The van der Waals surface area contributed by atoms with Gasteiger partial charge in [-0.3, -0.25) is 9.59 Å². The van der Waals surface area contributed by atoms with Crippen molar-refractivity contribution in [1.29, 1.82) is 0 Å². The molecule has 0 saturated heterocycles. The number of aliphatic hydroxyl groups is 2. The van der Waals surface area contributed by atoms with Crippen LogP contribution in [0.25, 0.3) is 0 Å². The normalized spacial score (nSPS) is 13.4. The summed E-state index contributed by atoms with van der Waals surface area (Å²) in [5, 5.41) is 19.7. The third kappa shape index (κ3) is 38.6. The third-order valence-corrected chi connectivity index (χ3v) is 8.93. The summed E-state index contributed by atoms with van der Waals surface area (Å²) in [6.07, 6.45) is 48.9. The predicted molar refractivity (Wildman–Crippen MR) is 216 cm³/mol. The smallest absolute Gasteiger partial charge is 0.306 e. The molecule has 0 fully saturated rings. The van der Waals surface area contributed by atoms with Gasteiger partial charge >= 0.3 is 11.9 Å². The van der Waals surface area contributed by atoms with E-state index in [-0.39, 0.29) is 25.6 Å². The topological polar surface area (TPSA) is 93.1 Å². The van der Waals surface area contributed by atoms with Crippen molar-refractivity contribution >= 4 is 11.9 Å². The quantitative estimate of drug-likeness (QED) is 0.0288. The van der Waals surface area contributed by atoms with Gasteiger partial charge in [-0.25, -0.2) is 0 Å². The Morgan fingerprint density at radius 2 is 1.00 bits per heavy atom. The van der Waals surface area contributed by atoms with Crippen LogP contribution in [0.15, 0.2) is 60.8 Å². The van der Waals surface area contributed by atoms with Crippen LogP contribution in [-0.2, 0) is 19.1 Å². The molecule has 0 heterocycles. The van der Waals surface area contributed by atoms with Crippen molar-refractivity contribution in [3.8, 4) is 0 Å². The Morgan fingerprint density at radius 3 is 1.49 bits per heavy atom. The minimum absolute atomic E-state index is 0.153. The highest BCUT2D eigenvalue weighted by molar-refractivity contribution is 5.70. The Kier molecular flexibility index (Phi) is 38.4. The number of carbonyl (C=O) groups excluding carboxylic acids is 2. The largest absolute Gasteiger partial charge is 0.462 e. The Hall–Kier alpha value is -2.44. The van der Waals surface area contributed by atoms with Crippen LogP contribution in [0, 0.1) is 0 Å². The lowest BCUT2D eigenvalue weighted by Gasteiger charge is -2.16. The molecule has 0 saturated carbocycles. The molecule has 2 N–H and O–H groups in total. The van der Waals surface area contributed by atoms with Gasteiger partial charge in [-0.2, -0.15) is 0 Å². The number of ether oxygens (including phenoxy) is 2. The van der Waals surface area contributed by atoms with E-state index in [1.54, 1.807) is 6.08 Å². The zero-order valence-corrected chi connectivity index (χ0v) is 33.0. The number of rotatable bonds is 37. The fourth-order valence-corrected chi connectivity index (χ4v) is 5.76. The second-order valence-corrected chi connectivity index (χ2v) is 13.9. The Bertz CT molecular complexity index is 918. The maximum Gasteiger partial charge on any atom is 0.306 e. The van der Waals surface area contributed by atoms with Gasteiger partial charge in [0.1, 0.15) is 6.61 Å². The molecule has 0 aliphatic carbocycles. The molecule has 294 valence electrons. The summed E-state index contributed by atoms with van der Waals surface area (Å²) in [6.45, 7) is 3.86. The summed E-state index contributed by atoms with van der Waals surface area (Å²) < 4.78 is 10.5. The van der Waals surface area contributed by atoms with Gasteiger partial charge < -0.3 is 19.7 Å². The lowest BCUT2D eigenvalue weighted by atomic mass is 10.0. The second-order valence-electron chi connectivity index (χ2n) is 13.9. The lowest BCUT2D eigenvalue weighted by molar-refractivity contribution is -0.161. The van der Waals surface area contributed by atoms with Crippen LogP contribution in [-0.4, -0.2) is 47.6 Å². The molecule has 51 heavy (non-hydrogen) atoms. The first-order valence-electron chi connectivity index (χ1n) is 21.0. The summed E-state index contributed by atoms with van der Waals surface area (Å²) >= 11 is 0. The Balaban J connectivity index is 3.70. The van der Waals surface area contributed by atoms with Gasteiger partial charge in [0.05, 0.1) is 12.7 Å². The molecule has 0 aromatic rings. The highest BCUT2D eigenvalue weighted by atomic mass is 16.6. The molecule has 0 aliphatic rings. The van der Waals surface area contributed by atoms with E-state index in [2.05, 4.69) is 50.3 Å². The van der Waals surface area contributed by atoms with Gasteiger partial charge in [-0.05, 0) is 44.9 Å². The standard InChI is InChI=1S/C45H78O6/c1-3-5-7-9-11-13-15-17-18-19-20-21-22-24-26-28-30-32-34-38-45(49)51-43(40-46)41-50-44(48)39-35-37-42(47)36-33-31-29-27-25-23-16-14-12-10-8-6-4-2/h6,8,12,14,23,25,29,31,33,36,42-43,46-47H,3-5,7,9-11,13,15-22,24,26-28,30,32,34-35,37-41H2,1-2H3/b8-6-,14-12-,25-23-,31-29-,36-33+/t42?,43-/m0/s1. The molecule has 0 rings (SSSR count). The lowest BCUT2D eigenvalue weighted by Crippen LogP contribution is -2.28. The number of hydrogen-bond donors (Lipinski definition) is 2. The molecule has 0 amide bonds. The number of unbranched alkanes of at least 4 members (excludes halogenated alkanes) is 18. The molecule has 0 bridgehead atoms. The van der Waals surface area contributed by atoms with Crippen LogP contribution >= 0.6 is 0 Å². The monoisotopic (exact) mass is 715 g/mol. The summed E-state index contributed by atoms with van der Waals surface area (Å²) in [7, 11) is 0. The summed E-state index contributed by atoms with van der Waals surface area (Å²) in [5.41, 5.74) is 0. The molecular formula is C45H78O6. The van der Waals surface area contributed by atoms with E-state index in [1.165, 1.54) is 103 Å². The summed E-state index contributed by atoms with van der Waals surface area (Å²) in [6, 6.07) is 0. The van der Waals surface area contributed by atoms with Gasteiger partial charge in [0, 0.05) is 12.8 Å². The fourth-order valence-electron chi connectivity index (χ4n) is 5.76. The first-order valence-corrected chi connectivity index (χ1v) is 21.0. The van der Waals surface area contributed by atoms with E-state index in [4.69, 9.17) is 9.47 Å². The first-order chi connectivity index (χ1) is 25.0. The van der Waals surface area contributed by atoms with Gasteiger partial charge in [0.15, 0.2) is 6.10 Å². The number of allylic oxidation sites excluding steroid dienone is 9. The van der Waals surface area contributed by atoms with Gasteiger partial charge in [0.2, 0.25) is 0 Å². The van der Waals surface area contributed by atoms with Crippen LogP contribution in [0.3, 0.4) is 0 Å². The maximum atomic E-state index is 12.2. The van der Waals surface area contributed by atoms with E-state index in [9.17, 15) is 19.8 Å². The number of carbonyl (C=O) groups is 2.